The maximum absolute atomic E-state index is 12.9. The van der Waals surface area contributed by atoms with E-state index in [0.717, 1.165) is 89.9 Å². The summed E-state index contributed by atoms with van der Waals surface area (Å²) in [7, 11) is 0. The predicted molar refractivity (Wildman–Crippen MR) is 287 cm³/mol. The van der Waals surface area contributed by atoms with Crippen LogP contribution in [0.2, 0.25) is 0 Å². The van der Waals surface area contributed by atoms with Crippen LogP contribution in [0.4, 0.5) is 0 Å². The minimum Gasteiger partial charge on any atom is -0.480 e. The first-order valence-corrected chi connectivity index (χ1v) is 29.7. The largest absolute Gasteiger partial charge is 0.480 e. The van der Waals surface area contributed by atoms with Crippen LogP contribution in [0, 0.1) is 0 Å². The highest BCUT2D eigenvalue weighted by Crippen LogP contribution is 2.17. The molecule has 0 unspecified atom stereocenters. The maximum atomic E-state index is 12.9. The molecule has 0 aromatic rings. The molecule has 0 spiro atoms. The third kappa shape index (κ3) is 49.9. The van der Waals surface area contributed by atoms with E-state index in [-0.39, 0.29) is 36.0 Å². The van der Waals surface area contributed by atoms with Gasteiger partial charge in [0.05, 0.1) is 0 Å². The zero-order valence-electron chi connectivity index (χ0n) is 44.1. The van der Waals surface area contributed by atoms with Gasteiger partial charge in [-0.25, -0.2) is 4.79 Å². The lowest BCUT2D eigenvalue weighted by Crippen LogP contribution is -2.42. The fourth-order valence-electron chi connectivity index (χ4n) is 8.36. The van der Waals surface area contributed by atoms with Crippen LogP contribution in [-0.2, 0) is 28.7 Å². The number of aliphatic carboxylic acids is 1. The number of carboxylic acid groups (broad SMARTS) is 1. The first-order valence-electron chi connectivity index (χ1n) is 28.6. The fourth-order valence-corrected chi connectivity index (χ4v) is 9.39. The lowest BCUT2D eigenvalue weighted by molar-refractivity contribution is -0.157. The highest BCUT2D eigenvalue weighted by Gasteiger charge is 2.23. The van der Waals surface area contributed by atoms with Crippen molar-refractivity contribution in [2.45, 2.75) is 303 Å². The van der Waals surface area contributed by atoms with Gasteiger partial charge in [-0.05, 0) is 70.6 Å². The van der Waals surface area contributed by atoms with E-state index >= 15 is 0 Å². The Morgan fingerprint density at radius 1 is 0.433 bits per heavy atom. The summed E-state index contributed by atoms with van der Waals surface area (Å²) in [6.45, 7) is 6.71. The lowest BCUT2D eigenvalue weighted by Gasteiger charge is -2.19. The van der Waals surface area contributed by atoms with Crippen LogP contribution < -0.4 is 5.32 Å². The van der Waals surface area contributed by atoms with Crippen molar-refractivity contribution in [1.82, 2.24) is 5.32 Å². The van der Waals surface area contributed by atoms with Crippen LogP contribution in [0.15, 0.2) is 24.3 Å². The summed E-state index contributed by atoms with van der Waals surface area (Å²) in [5.74, 6) is -1.55. The predicted octanol–water partition coefficient (Wildman–Crippen LogP) is 17.3. The van der Waals surface area contributed by atoms with Crippen molar-refractivity contribution < 1.29 is 33.8 Å². The van der Waals surface area contributed by atoms with Gasteiger partial charge in [0, 0.05) is 30.8 Å². The minimum atomic E-state index is -1.09. The molecule has 0 heterocycles. The van der Waals surface area contributed by atoms with Gasteiger partial charge in [0.25, 0.3) is 0 Å². The molecule has 0 saturated carbocycles. The van der Waals surface area contributed by atoms with Crippen LogP contribution in [-0.4, -0.2) is 59.2 Å². The highest BCUT2D eigenvalue weighted by molar-refractivity contribution is 7.99. The van der Waals surface area contributed by atoms with Gasteiger partial charge in [-0.3, -0.25) is 14.4 Å². The molecule has 0 aliphatic rings. The van der Waals surface area contributed by atoms with Crippen LogP contribution >= 0.6 is 11.8 Å². The Kier molecular flexibility index (Phi) is 51.3. The molecule has 2 N–H and O–H groups in total. The number of esters is 2. The number of nitrogens with one attached hydrogen (secondary N) is 1. The van der Waals surface area contributed by atoms with Gasteiger partial charge in [-0.2, -0.15) is 11.8 Å². The number of carboxylic acids is 1. The Morgan fingerprint density at radius 3 is 1.13 bits per heavy atom. The average molecular weight is 963 g/mol. The number of amides is 1. The Bertz CT molecular complexity index is 1180. The molecule has 0 aromatic heterocycles. The third-order valence-corrected chi connectivity index (χ3v) is 13.9. The Morgan fingerprint density at radius 2 is 0.761 bits per heavy atom. The van der Waals surface area contributed by atoms with E-state index in [1.165, 1.54) is 172 Å². The van der Waals surface area contributed by atoms with Crippen LogP contribution in [0.1, 0.15) is 290 Å². The summed E-state index contributed by atoms with van der Waals surface area (Å²) in [6.07, 6.45) is 56.3. The zero-order valence-corrected chi connectivity index (χ0v) is 44.9. The molecule has 0 bridgehead atoms. The second kappa shape index (κ2) is 53.1. The van der Waals surface area contributed by atoms with Crippen molar-refractivity contribution in [3.63, 3.8) is 0 Å². The second-order valence-corrected chi connectivity index (χ2v) is 20.5. The van der Waals surface area contributed by atoms with E-state index in [0.29, 0.717) is 19.3 Å². The van der Waals surface area contributed by atoms with Gasteiger partial charge in [0.1, 0.15) is 18.8 Å². The van der Waals surface area contributed by atoms with Crippen LogP contribution in [0.5, 0.6) is 0 Å². The Balaban J connectivity index is 4.64. The number of hydrogen-bond donors (Lipinski definition) is 2. The van der Waals surface area contributed by atoms with Crippen molar-refractivity contribution in [2.75, 3.05) is 18.1 Å². The SMILES string of the molecule is CCCCCCCC/C=C\CCCCCCCC(=O)OC[C@H](CSC[C@H](NC(=O)CCCCCCCCCCCCCCC)C(=O)O)OC(=O)CCCCCCC/C=C\CCCCCCCC. The number of carbonyl (C=O) groups excluding carboxylic acids is 3. The fraction of sp³-hybridized carbons (Fsp3) is 0.862. The van der Waals surface area contributed by atoms with Gasteiger partial charge in [-0.15, -0.1) is 0 Å². The summed E-state index contributed by atoms with van der Waals surface area (Å²) in [5.41, 5.74) is 0. The van der Waals surface area contributed by atoms with Gasteiger partial charge >= 0.3 is 17.9 Å². The van der Waals surface area contributed by atoms with Crippen molar-refractivity contribution in [2.24, 2.45) is 0 Å². The van der Waals surface area contributed by atoms with E-state index in [2.05, 4.69) is 50.4 Å². The summed E-state index contributed by atoms with van der Waals surface area (Å²) in [5, 5.41) is 12.6. The number of thioether (sulfide) groups is 1. The second-order valence-electron chi connectivity index (χ2n) is 19.5. The van der Waals surface area contributed by atoms with E-state index in [1.54, 1.807) is 0 Å². The monoisotopic (exact) mass is 962 g/mol. The number of unbranched alkanes of at least 4 members (excludes halogenated alkanes) is 34. The van der Waals surface area contributed by atoms with Gasteiger partial charge in [-0.1, -0.05) is 225 Å². The molecule has 0 aliphatic carbocycles. The minimum absolute atomic E-state index is 0.0574. The zero-order chi connectivity index (χ0) is 48.9. The van der Waals surface area contributed by atoms with E-state index in [9.17, 15) is 24.3 Å². The highest BCUT2D eigenvalue weighted by atomic mass is 32.2. The lowest BCUT2D eigenvalue weighted by atomic mass is 10.0. The number of allylic oxidation sites excluding steroid dienone is 4. The quantitative estimate of drug-likeness (QED) is 0.0351. The third-order valence-electron chi connectivity index (χ3n) is 12.7. The normalized spacial score (nSPS) is 12.5. The van der Waals surface area contributed by atoms with E-state index in [1.807, 2.05) is 0 Å². The molecule has 392 valence electrons. The summed E-state index contributed by atoms with van der Waals surface area (Å²) < 4.78 is 11.4. The number of ether oxygens (including phenoxy) is 2. The van der Waals surface area contributed by atoms with Crippen molar-refractivity contribution >= 4 is 35.6 Å². The number of hydrogen-bond acceptors (Lipinski definition) is 7. The Labute approximate surface area is 418 Å². The standard InChI is InChI=1S/C58H107NO7S/c1-4-7-10-13-16-19-22-25-27-30-33-36-39-42-45-48-56(61)65-50-53(66-57(62)49-46-43-40-37-34-31-28-26-23-20-17-14-11-8-5-2)51-67-52-54(58(63)64)59-55(60)47-44-41-38-35-32-29-24-21-18-15-12-9-6-3/h25-28,53-54H,4-24,29-52H2,1-3H3,(H,59,60)(H,63,64)/b27-25-,28-26-/t53-,54+/m1/s1. The van der Waals surface area contributed by atoms with Gasteiger partial charge < -0.3 is 19.9 Å². The van der Waals surface area contributed by atoms with Crippen molar-refractivity contribution in [3.05, 3.63) is 24.3 Å². The average Bonchev–Trinajstić information content (AvgIpc) is 3.31. The molecular formula is C58H107NO7S. The summed E-state index contributed by atoms with van der Waals surface area (Å²) in [6, 6.07) is -1.05. The van der Waals surface area contributed by atoms with Crippen molar-refractivity contribution in [1.29, 1.82) is 0 Å². The summed E-state index contributed by atoms with van der Waals surface area (Å²) >= 11 is 1.30. The maximum Gasteiger partial charge on any atom is 0.327 e. The summed E-state index contributed by atoms with van der Waals surface area (Å²) in [4.78, 5) is 50.5. The molecule has 67 heavy (non-hydrogen) atoms. The molecule has 8 nitrogen and oxygen atoms in total. The number of rotatable bonds is 53. The molecule has 0 saturated heterocycles. The van der Waals surface area contributed by atoms with Gasteiger partial charge in [0.15, 0.2) is 0 Å². The molecular weight excluding hydrogens is 855 g/mol. The number of carbonyl (C=O) groups is 4. The van der Waals surface area contributed by atoms with Crippen molar-refractivity contribution in [3.8, 4) is 0 Å². The molecule has 2 atom stereocenters. The first kappa shape index (κ1) is 64.7. The first-order chi connectivity index (χ1) is 32.8. The molecule has 0 radical (unpaired) electrons. The molecule has 9 heteroatoms. The van der Waals surface area contributed by atoms with Gasteiger partial charge in [0.2, 0.25) is 5.91 Å². The topological polar surface area (TPSA) is 119 Å². The molecule has 0 aromatic carbocycles. The van der Waals surface area contributed by atoms with Crippen LogP contribution in [0.3, 0.4) is 0 Å². The van der Waals surface area contributed by atoms with E-state index < -0.39 is 18.1 Å². The smallest absolute Gasteiger partial charge is 0.327 e. The Hall–Kier alpha value is -2.29. The molecule has 1 amide bonds. The van der Waals surface area contributed by atoms with E-state index in [4.69, 9.17) is 9.47 Å². The molecule has 0 rings (SSSR count). The molecule has 0 aliphatic heterocycles. The van der Waals surface area contributed by atoms with Crippen LogP contribution in [0.25, 0.3) is 0 Å². The molecule has 0 fully saturated rings.